The molecule has 1 saturated heterocycles. The Balaban J connectivity index is 0.000000202. The van der Waals surface area contributed by atoms with Crippen LogP contribution in [0, 0.1) is 0 Å². The van der Waals surface area contributed by atoms with Crippen molar-refractivity contribution in [3.05, 3.63) is 12.8 Å². The van der Waals surface area contributed by atoms with E-state index in [2.05, 4.69) is 11.3 Å². The Bertz CT molecular complexity index is 122. The summed E-state index contributed by atoms with van der Waals surface area (Å²) in [6.07, 6.45) is 1.88. The van der Waals surface area contributed by atoms with Gasteiger partial charge in [-0.2, -0.15) is 0 Å². The Morgan fingerprint density at radius 1 is 1.67 bits per heavy atom. The van der Waals surface area contributed by atoms with Gasteiger partial charge in [0.1, 0.15) is 0 Å². The normalized spacial score (nSPS) is 15.3. The zero-order chi connectivity index (χ0) is 9.23. The molecule has 1 heterocycles. The second-order valence-corrected chi connectivity index (χ2v) is 3.06. The van der Waals surface area contributed by atoms with E-state index >= 15 is 0 Å². The summed E-state index contributed by atoms with van der Waals surface area (Å²) in [6, 6.07) is 1.31. The van der Waals surface area contributed by atoms with Gasteiger partial charge in [0.05, 0.1) is 0 Å². The maximum absolute atomic E-state index is 9.19. The highest BCUT2D eigenvalue weighted by molar-refractivity contribution is 6.27. The van der Waals surface area contributed by atoms with E-state index in [1.165, 1.54) is 18.9 Å². The van der Waals surface area contributed by atoms with Crippen molar-refractivity contribution in [2.75, 3.05) is 6.61 Å². The zero-order valence-electron chi connectivity index (χ0n) is 6.75. The van der Waals surface area contributed by atoms with Crippen LogP contribution in [0.2, 0.25) is 6.04 Å². The minimum absolute atomic E-state index is 0.787. The molecule has 0 N–H and O–H groups in total. The minimum Gasteiger partial charge on any atom is -0.522 e. The molecule has 1 aliphatic heterocycles. The van der Waals surface area contributed by atoms with Crippen LogP contribution < -0.4 is 5.11 Å². The SMILES string of the molecule is C1CC[Si]OC1.C=COC(=O)[O-]. The van der Waals surface area contributed by atoms with E-state index in [9.17, 15) is 9.90 Å². The molecule has 1 fully saturated rings. The summed E-state index contributed by atoms with van der Waals surface area (Å²) >= 11 is 0. The molecule has 4 nitrogen and oxygen atoms in total. The first-order valence-electron chi connectivity index (χ1n) is 3.60. The van der Waals surface area contributed by atoms with E-state index in [0.29, 0.717) is 0 Å². The quantitative estimate of drug-likeness (QED) is 0.337. The molecule has 0 bridgehead atoms. The van der Waals surface area contributed by atoms with Gasteiger partial charge in [-0.25, -0.2) is 0 Å². The molecule has 1 aliphatic rings. The number of carboxylic acid groups (broad SMARTS) is 1. The van der Waals surface area contributed by atoms with Crippen molar-refractivity contribution >= 4 is 15.9 Å². The van der Waals surface area contributed by atoms with Gasteiger partial charge in [0.15, 0.2) is 0 Å². The van der Waals surface area contributed by atoms with Gasteiger partial charge in [-0.05, 0) is 12.5 Å². The molecular formula is C7H11O4Si-. The first kappa shape index (κ1) is 11.2. The Hall–Kier alpha value is -0.813. The molecule has 0 saturated carbocycles. The monoisotopic (exact) mass is 187 g/mol. The first-order chi connectivity index (χ1) is 5.77. The van der Waals surface area contributed by atoms with Gasteiger partial charge >= 0.3 is 0 Å². The second-order valence-electron chi connectivity index (χ2n) is 1.98. The third-order valence-electron chi connectivity index (χ3n) is 1.06. The second kappa shape index (κ2) is 8.29. The summed E-state index contributed by atoms with van der Waals surface area (Å²) in [5, 5.41) is 9.19. The molecule has 0 aromatic rings. The van der Waals surface area contributed by atoms with Crippen LogP contribution in [0.25, 0.3) is 0 Å². The molecule has 0 unspecified atom stereocenters. The predicted octanol–water partition coefficient (Wildman–Crippen LogP) is 0.324. The van der Waals surface area contributed by atoms with Crippen LogP contribution in [0.3, 0.4) is 0 Å². The number of hydrogen-bond acceptors (Lipinski definition) is 4. The van der Waals surface area contributed by atoms with Gasteiger partial charge in [-0.1, -0.05) is 13.0 Å². The summed E-state index contributed by atoms with van der Waals surface area (Å²) in [7, 11) is 0.802. The van der Waals surface area contributed by atoms with E-state index < -0.39 is 6.16 Å². The van der Waals surface area contributed by atoms with E-state index in [0.717, 1.165) is 22.6 Å². The van der Waals surface area contributed by atoms with Crippen molar-refractivity contribution in [1.29, 1.82) is 0 Å². The number of carbonyl (C=O) groups excluding carboxylic acids is 1. The first-order valence-corrected chi connectivity index (χ1v) is 4.72. The van der Waals surface area contributed by atoms with Crippen LogP contribution in [0.15, 0.2) is 12.8 Å². The largest absolute Gasteiger partial charge is 0.522 e. The van der Waals surface area contributed by atoms with Crippen molar-refractivity contribution in [1.82, 2.24) is 0 Å². The molecule has 0 spiro atoms. The summed E-state index contributed by atoms with van der Waals surface area (Å²) in [6.45, 7) is 3.97. The Labute approximate surface area is 74.1 Å². The van der Waals surface area contributed by atoms with Crippen molar-refractivity contribution in [2.24, 2.45) is 0 Å². The van der Waals surface area contributed by atoms with Crippen LogP contribution >= 0.6 is 0 Å². The lowest BCUT2D eigenvalue weighted by Gasteiger charge is -2.06. The lowest BCUT2D eigenvalue weighted by atomic mass is 10.4. The molecule has 0 aromatic carbocycles. The zero-order valence-corrected chi connectivity index (χ0v) is 7.75. The molecule has 5 heteroatoms. The predicted molar refractivity (Wildman–Crippen MR) is 42.4 cm³/mol. The van der Waals surface area contributed by atoms with Gasteiger partial charge < -0.3 is 19.1 Å². The highest BCUT2D eigenvalue weighted by Crippen LogP contribution is 2.01. The van der Waals surface area contributed by atoms with E-state index in [-0.39, 0.29) is 0 Å². The molecule has 0 aliphatic carbocycles. The number of carbonyl (C=O) groups is 1. The van der Waals surface area contributed by atoms with Crippen LogP contribution in [0.1, 0.15) is 12.8 Å². The minimum atomic E-state index is -1.58. The molecular weight excluding hydrogens is 176 g/mol. The van der Waals surface area contributed by atoms with Crippen LogP contribution in [0.5, 0.6) is 0 Å². The van der Waals surface area contributed by atoms with Gasteiger partial charge in [0.25, 0.3) is 6.16 Å². The maximum Gasteiger partial charge on any atom is 0.256 e. The maximum atomic E-state index is 9.19. The van der Waals surface area contributed by atoms with E-state index in [1.54, 1.807) is 0 Å². The van der Waals surface area contributed by atoms with Crippen LogP contribution in [0.4, 0.5) is 4.79 Å². The van der Waals surface area contributed by atoms with Gasteiger partial charge in [-0.15, -0.1) is 0 Å². The fourth-order valence-corrected chi connectivity index (χ4v) is 1.41. The molecule has 1 rings (SSSR count). The average molecular weight is 187 g/mol. The average Bonchev–Trinajstić information content (AvgIpc) is 2.08. The molecule has 0 amide bonds. The van der Waals surface area contributed by atoms with Gasteiger partial charge in [0.2, 0.25) is 9.76 Å². The lowest BCUT2D eigenvalue weighted by molar-refractivity contribution is -0.276. The fourth-order valence-electron chi connectivity index (χ4n) is 0.584. The fraction of sp³-hybridized carbons (Fsp3) is 0.571. The smallest absolute Gasteiger partial charge is 0.256 e. The molecule has 0 atom stereocenters. The lowest BCUT2D eigenvalue weighted by Crippen LogP contribution is -2.20. The summed E-state index contributed by atoms with van der Waals surface area (Å²) in [4.78, 5) is 9.19. The van der Waals surface area contributed by atoms with E-state index in [4.69, 9.17) is 4.43 Å². The number of hydrogen-bond donors (Lipinski definition) is 0. The summed E-state index contributed by atoms with van der Waals surface area (Å²) in [5.74, 6) is 0. The Kier molecular flexibility index (Phi) is 7.72. The molecule has 0 aromatic heterocycles. The third kappa shape index (κ3) is 9.19. The standard InChI is InChI=1S/C4H8OSi.C3H4O3/c1-2-4-6-5-3-1;1-2-6-3(4)5/h1-4H2;2H,1H2,(H,4,5)/p-1. The molecule has 68 valence electrons. The Morgan fingerprint density at radius 3 is 2.50 bits per heavy atom. The van der Waals surface area contributed by atoms with Gasteiger partial charge in [0, 0.05) is 12.9 Å². The summed E-state index contributed by atoms with van der Waals surface area (Å²) in [5.41, 5.74) is 0. The van der Waals surface area contributed by atoms with Crippen LogP contribution in [-0.4, -0.2) is 22.5 Å². The number of ether oxygens (including phenoxy) is 1. The highest BCUT2D eigenvalue weighted by Gasteiger charge is 1.97. The van der Waals surface area contributed by atoms with Crippen molar-refractivity contribution < 1.29 is 19.1 Å². The number of rotatable bonds is 1. The van der Waals surface area contributed by atoms with E-state index in [1.807, 2.05) is 0 Å². The topological polar surface area (TPSA) is 58.6 Å². The van der Waals surface area contributed by atoms with Gasteiger partial charge in [-0.3, -0.25) is 0 Å². The van der Waals surface area contributed by atoms with Crippen molar-refractivity contribution in [3.63, 3.8) is 0 Å². The van der Waals surface area contributed by atoms with Crippen molar-refractivity contribution in [3.8, 4) is 0 Å². The summed E-state index contributed by atoms with van der Waals surface area (Å²) < 4.78 is 8.71. The highest BCUT2D eigenvalue weighted by atomic mass is 28.2. The molecule has 12 heavy (non-hydrogen) atoms. The van der Waals surface area contributed by atoms with Crippen molar-refractivity contribution in [2.45, 2.75) is 18.9 Å². The molecule has 2 radical (unpaired) electrons. The van der Waals surface area contributed by atoms with Crippen LogP contribution in [-0.2, 0) is 9.16 Å². The third-order valence-corrected chi connectivity index (χ3v) is 2.02. The Morgan fingerprint density at radius 2 is 2.42 bits per heavy atom.